The lowest BCUT2D eigenvalue weighted by molar-refractivity contribution is 0.400. The molecule has 66 valence electrons. The molecule has 0 radical (unpaired) electrons. The average Bonchev–Trinajstić information content (AvgIpc) is 2.03. The van der Waals surface area contributed by atoms with Gasteiger partial charge in [-0.1, -0.05) is 0 Å². The van der Waals surface area contributed by atoms with Crippen molar-refractivity contribution >= 4 is 0 Å². The topological polar surface area (TPSA) is 35.2 Å². The van der Waals surface area contributed by atoms with Crippen molar-refractivity contribution in [3.63, 3.8) is 0 Å². The van der Waals surface area contributed by atoms with Gasteiger partial charge in [-0.2, -0.15) is 0 Å². The Balaban J connectivity index is 3.24. The van der Waals surface area contributed by atoms with Crippen LogP contribution in [0.2, 0.25) is 0 Å². The van der Waals surface area contributed by atoms with Gasteiger partial charge in [0.15, 0.2) is 0 Å². The number of methoxy groups -OCH3 is 1. The minimum Gasteiger partial charge on any atom is -0.496 e. The zero-order valence-corrected chi connectivity index (χ0v) is 6.60. The fraction of sp³-hybridized carbons (Fsp3) is 0.250. The summed E-state index contributed by atoms with van der Waals surface area (Å²) in [7, 11) is 1.34. The molecular weight excluding hydrogens is 164 g/mol. The quantitative estimate of drug-likeness (QED) is 0.734. The van der Waals surface area contributed by atoms with Gasteiger partial charge in [0, 0.05) is 24.2 Å². The van der Waals surface area contributed by atoms with Gasteiger partial charge in [-0.15, -0.1) is 0 Å². The lowest BCUT2D eigenvalue weighted by Crippen LogP contribution is -2.03. The Morgan fingerprint density at radius 3 is 2.58 bits per heavy atom. The molecule has 0 saturated heterocycles. The predicted molar refractivity (Wildman–Crippen MR) is 40.8 cm³/mol. The number of hydrogen-bond acceptors (Lipinski definition) is 2. The zero-order chi connectivity index (χ0) is 9.14. The Morgan fingerprint density at radius 2 is 2.08 bits per heavy atom. The van der Waals surface area contributed by atoms with E-state index in [9.17, 15) is 8.78 Å². The lowest BCUT2D eigenvalue weighted by atomic mass is 10.2. The van der Waals surface area contributed by atoms with E-state index in [4.69, 9.17) is 10.5 Å². The SMILES string of the molecule is COc1cc(F)cc(F)c1CN. The summed E-state index contributed by atoms with van der Waals surface area (Å²) in [5.41, 5.74) is 5.43. The fourth-order valence-electron chi connectivity index (χ4n) is 0.960. The molecule has 4 heteroatoms. The highest BCUT2D eigenvalue weighted by Gasteiger charge is 2.09. The van der Waals surface area contributed by atoms with Crippen LogP contribution in [0.4, 0.5) is 8.78 Å². The largest absolute Gasteiger partial charge is 0.496 e. The van der Waals surface area contributed by atoms with Crippen molar-refractivity contribution < 1.29 is 13.5 Å². The molecule has 2 nitrogen and oxygen atoms in total. The molecular formula is C8H9F2NO. The van der Waals surface area contributed by atoms with Crippen molar-refractivity contribution in [3.05, 3.63) is 29.3 Å². The second kappa shape index (κ2) is 3.49. The monoisotopic (exact) mass is 173 g/mol. The third-order valence-electron chi connectivity index (χ3n) is 1.54. The second-order valence-corrected chi connectivity index (χ2v) is 2.27. The maximum Gasteiger partial charge on any atom is 0.134 e. The molecule has 1 aromatic rings. The molecule has 1 aromatic carbocycles. The Morgan fingerprint density at radius 1 is 1.42 bits per heavy atom. The summed E-state index contributed by atoms with van der Waals surface area (Å²) in [6.45, 7) is -0.00468. The Kier molecular flexibility index (Phi) is 2.60. The van der Waals surface area contributed by atoms with Crippen LogP contribution < -0.4 is 10.5 Å². The fourth-order valence-corrected chi connectivity index (χ4v) is 0.960. The summed E-state index contributed by atoms with van der Waals surface area (Å²) in [6, 6.07) is 1.88. The summed E-state index contributed by atoms with van der Waals surface area (Å²) < 4.78 is 30.2. The van der Waals surface area contributed by atoms with Crippen LogP contribution in [0.15, 0.2) is 12.1 Å². The summed E-state index contributed by atoms with van der Waals surface area (Å²) in [4.78, 5) is 0. The van der Waals surface area contributed by atoms with E-state index in [2.05, 4.69) is 0 Å². The standard InChI is InChI=1S/C8H9F2NO/c1-12-8-3-5(9)2-7(10)6(8)4-11/h2-3H,4,11H2,1H3. The van der Waals surface area contributed by atoms with Gasteiger partial charge in [0.25, 0.3) is 0 Å². The molecule has 0 saturated carbocycles. The minimum absolute atomic E-state index is 0.00468. The maximum atomic E-state index is 12.9. The summed E-state index contributed by atoms with van der Waals surface area (Å²) in [5.74, 6) is -1.19. The highest BCUT2D eigenvalue weighted by atomic mass is 19.1. The van der Waals surface area contributed by atoms with Crippen LogP contribution >= 0.6 is 0 Å². The van der Waals surface area contributed by atoms with Crippen molar-refractivity contribution in [1.82, 2.24) is 0 Å². The minimum atomic E-state index is -0.672. The number of rotatable bonds is 2. The molecule has 0 fully saturated rings. The maximum absolute atomic E-state index is 12.9. The molecule has 0 bridgehead atoms. The Labute approximate surface area is 68.9 Å². The van der Waals surface area contributed by atoms with Crippen molar-refractivity contribution in [3.8, 4) is 5.75 Å². The molecule has 0 aromatic heterocycles. The molecule has 0 aliphatic carbocycles. The Hall–Kier alpha value is -1.16. The molecule has 2 N–H and O–H groups in total. The van der Waals surface area contributed by atoms with Crippen molar-refractivity contribution in [2.75, 3.05) is 7.11 Å². The lowest BCUT2D eigenvalue weighted by Gasteiger charge is -2.06. The smallest absolute Gasteiger partial charge is 0.134 e. The van der Waals surface area contributed by atoms with E-state index in [1.807, 2.05) is 0 Å². The van der Waals surface area contributed by atoms with Gasteiger partial charge in [-0.3, -0.25) is 0 Å². The highest BCUT2D eigenvalue weighted by molar-refractivity contribution is 5.35. The van der Waals surface area contributed by atoms with Crippen molar-refractivity contribution in [2.24, 2.45) is 5.73 Å². The normalized spacial score (nSPS) is 10.0. The predicted octanol–water partition coefficient (Wildman–Crippen LogP) is 1.43. The number of benzene rings is 1. The molecule has 0 unspecified atom stereocenters. The van der Waals surface area contributed by atoms with E-state index in [1.54, 1.807) is 0 Å². The molecule has 12 heavy (non-hydrogen) atoms. The average molecular weight is 173 g/mol. The first-order chi connectivity index (χ1) is 5.69. The second-order valence-electron chi connectivity index (χ2n) is 2.27. The van der Waals surface area contributed by atoms with Crippen LogP contribution in [-0.4, -0.2) is 7.11 Å². The van der Waals surface area contributed by atoms with Crippen LogP contribution in [0.1, 0.15) is 5.56 Å². The van der Waals surface area contributed by atoms with Crippen LogP contribution in [0.3, 0.4) is 0 Å². The van der Waals surface area contributed by atoms with Gasteiger partial charge < -0.3 is 10.5 Å². The van der Waals surface area contributed by atoms with Gasteiger partial charge in [0.05, 0.1) is 7.11 Å². The molecule has 0 spiro atoms. The van der Waals surface area contributed by atoms with E-state index in [0.717, 1.165) is 12.1 Å². The van der Waals surface area contributed by atoms with Gasteiger partial charge in [-0.05, 0) is 0 Å². The van der Waals surface area contributed by atoms with Crippen molar-refractivity contribution in [1.29, 1.82) is 0 Å². The van der Waals surface area contributed by atoms with E-state index in [0.29, 0.717) is 0 Å². The van der Waals surface area contributed by atoms with Crippen LogP contribution in [-0.2, 0) is 6.54 Å². The number of nitrogens with two attached hydrogens (primary N) is 1. The zero-order valence-electron chi connectivity index (χ0n) is 6.60. The third-order valence-corrected chi connectivity index (χ3v) is 1.54. The van der Waals surface area contributed by atoms with E-state index in [-0.39, 0.29) is 17.9 Å². The van der Waals surface area contributed by atoms with E-state index in [1.165, 1.54) is 7.11 Å². The van der Waals surface area contributed by atoms with E-state index < -0.39 is 11.6 Å². The van der Waals surface area contributed by atoms with Gasteiger partial charge in [-0.25, -0.2) is 8.78 Å². The first-order valence-corrected chi connectivity index (χ1v) is 3.41. The number of ether oxygens (including phenoxy) is 1. The van der Waals surface area contributed by atoms with Crippen LogP contribution in [0.25, 0.3) is 0 Å². The van der Waals surface area contributed by atoms with Gasteiger partial charge in [0.1, 0.15) is 17.4 Å². The molecule has 0 atom stereocenters. The molecule has 0 heterocycles. The van der Waals surface area contributed by atoms with E-state index >= 15 is 0 Å². The summed E-state index contributed by atoms with van der Waals surface area (Å²) in [5, 5.41) is 0. The first kappa shape index (κ1) is 8.93. The molecule has 0 aliphatic heterocycles. The molecule has 1 rings (SSSR count). The number of halogens is 2. The Bertz CT molecular complexity index is 289. The number of hydrogen-bond donors (Lipinski definition) is 1. The third kappa shape index (κ3) is 1.53. The summed E-state index contributed by atoms with van der Waals surface area (Å²) in [6.07, 6.45) is 0. The molecule has 0 amide bonds. The van der Waals surface area contributed by atoms with Crippen LogP contribution in [0.5, 0.6) is 5.75 Å². The van der Waals surface area contributed by atoms with Crippen LogP contribution in [0, 0.1) is 11.6 Å². The summed E-state index contributed by atoms with van der Waals surface area (Å²) >= 11 is 0. The highest BCUT2D eigenvalue weighted by Crippen LogP contribution is 2.22. The van der Waals surface area contributed by atoms with Crippen molar-refractivity contribution in [2.45, 2.75) is 6.54 Å². The van der Waals surface area contributed by atoms with Gasteiger partial charge >= 0.3 is 0 Å². The first-order valence-electron chi connectivity index (χ1n) is 3.41. The van der Waals surface area contributed by atoms with Gasteiger partial charge in [0.2, 0.25) is 0 Å². The molecule has 0 aliphatic rings.